The first kappa shape index (κ1) is 24.6. The summed E-state index contributed by atoms with van der Waals surface area (Å²) in [5.74, 6) is 0.0116. The molecule has 0 aromatic heterocycles. The molecule has 178 valence electrons. The van der Waals surface area contributed by atoms with Crippen LogP contribution in [0.15, 0.2) is 88.2 Å². The Bertz CT molecular complexity index is 1280. The van der Waals surface area contributed by atoms with Crippen molar-refractivity contribution in [3.8, 4) is 0 Å². The van der Waals surface area contributed by atoms with Gasteiger partial charge >= 0.3 is 6.18 Å². The van der Waals surface area contributed by atoms with Gasteiger partial charge in [-0.1, -0.05) is 54.1 Å². The third-order valence-corrected chi connectivity index (χ3v) is 7.74. The maximum Gasteiger partial charge on any atom is 0.416 e. The number of nitrogens with zero attached hydrogens (tertiary/aromatic N) is 2. The average molecular weight is 527 g/mol. The van der Waals surface area contributed by atoms with Gasteiger partial charge in [-0.25, -0.2) is 0 Å². The van der Waals surface area contributed by atoms with Gasteiger partial charge in [0.2, 0.25) is 5.29 Å². The van der Waals surface area contributed by atoms with E-state index in [1.807, 2.05) is 42.5 Å². The van der Waals surface area contributed by atoms with Crippen molar-refractivity contribution in [1.82, 2.24) is 4.90 Å². The number of hydrogen-bond donors (Lipinski definition) is 0. The predicted molar refractivity (Wildman–Crippen MR) is 127 cm³/mol. The Morgan fingerprint density at radius 1 is 0.853 bits per heavy atom. The van der Waals surface area contributed by atoms with E-state index in [0.29, 0.717) is 30.2 Å². The summed E-state index contributed by atoms with van der Waals surface area (Å²) in [5, 5.41) is 0.370. The molecule has 1 saturated heterocycles. The number of halogens is 5. The monoisotopic (exact) mass is 526 g/mol. The van der Waals surface area contributed by atoms with E-state index in [1.54, 1.807) is 17.0 Å². The van der Waals surface area contributed by atoms with Gasteiger partial charge in [-0.05, 0) is 59.1 Å². The second kappa shape index (κ2) is 9.60. The lowest BCUT2D eigenvalue weighted by molar-refractivity contribution is -0.137. The molecule has 2 unspecified atom stereocenters. The van der Waals surface area contributed by atoms with Crippen LogP contribution in [-0.4, -0.2) is 31.7 Å². The molecule has 0 N–H and O–H groups in total. The van der Waals surface area contributed by atoms with Crippen LogP contribution in [-0.2, 0) is 16.2 Å². The van der Waals surface area contributed by atoms with Crippen LogP contribution in [0.2, 0.25) is 5.02 Å². The highest BCUT2D eigenvalue weighted by Crippen LogP contribution is 2.40. The van der Waals surface area contributed by atoms with Gasteiger partial charge in [0.15, 0.2) is 0 Å². The highest BCUT2D eigenvalue weighted by atomic mass is 35.5. The lowest BCUT2D eigenvalue weighted by Gasteiger charge is -2.19. The predicted octanol–water partition coefficient (Wildman–Crippen LogP) is 6.53. The van der Waals surface area contributed by atoms with E-state index in [0.717, 1.165) is 23.3 Å². The Morgan fingerprint density at radius 3 is 1.91 bits per heavy atom. The standard InChI is InChI=1S/C24H19Cl2F3N2O2S/c25-19-10-6-17(7-11-19)22-15-31(14-21(22)16-4-2-1-3-5-16)23(26)30-34(32,33)20-12-8-18(9-13-20)24(27,28)29/h1-13,21-22H,14-15H2/b30-23-. The van der Waals surface area contributed by atoms with E-state index >= 15 is 0 Å². The van der Waals surface area contributed by atoms with E-state index in [1.165, 1.54) is 0 Å². The summed E-state index contributed by atoms with van der Waals surface area (Å²) in [6.07, 6.45) is -4.57. The zero-order chi connectivity index (χ0) is 24.5. The number of likely N-dealkylation sites (tertiary alicyclic amines) is 1. The van der Waals surface area contributed by atoms with Gasteiger partial charge in [0, 0.05) is 29.9 Å². The zero-order valence-corrected chi connectivity index (χ0v) is 19.9. The molecule has 1 aliphatic heterocycles. The van der Waals surface area contributed by atoms with Gasteiger partial charge in [0.05, 0.1) is 10.5 Å². The SMILES string of the molecule is O=S(=O)(/N=C(/Cl)N1CC(c2ccccc2)C(c2ccc(Cl)cc2)C1)c1ccc(C(F)(F)F)cc1. The minimum atomic E-state index is -4.57. The van der Waals surface area contributed by atoms with Gasteiger partial charge < -0.3 is 4.90 Å². The molecular formula is C24H19Cl2F3N2O2S. The van der Waals surface area contributed by atoms with E-state index in [4.69, 9.17) is 23.2 Å². The smallest absolute Gasteiger partial charge is 0.345 e. The summed E-state index contributed by atoms with van der Waals surface area (Å²) in [6, 6.07) is 20.4. The van der Waals surface area contributed by atoms with E-state index < -0.39 is 21.8 Å². The van der Waals surface area contributed by atoms with Crippen LogP contribution in [0, 0.1) is 0 Å². The maximum atomic E-state index is 12.8. The summed E-state index contributed by atoms with van der Waals surface area (Å²) >= 11 is 12.4. The lowest BCUT2D eigenvalue weighted by atomic mass is 9.84. The Morgan fingerprint density at radius 2 is 1.38 bits per heavy atom. The number of amidine groups is 1. The molecule has 1 aliphatic rings. The Kier molecular flexibility index (Phi) is 6.94. The van der Waals surface area contributed by atoms with Crippen molar-refractivity contribution in [3.05, 3.63) is 101 Å². The lowest BCUT2D eigenvalue weighted by Crippen LogP contribution is -2.25. The zero-order valence-electron chi connectivity index (χ0n) is 17.6. The van der Waals surface area contributed by atoms with E-state index in [-0.39, 0.29) is 22.0 Å². The second-order valence-electron chi connectivity index (χ2n) is 7.94. The molecule has 0 aliphatic carbocycles. The quantitative estimate of drug-likeness (QED) is 0.220. The first-order chi connectivity index (χ1) is 16.0. The molecule has 3 aromatic rings. The number of hydrogen-bond acceptors (Lipinski definition) is 2. The van der Waals surface area contributed by atoms with Crippen molar-refractivity contribution < 1.29 is 21.6 Å². The van der Waals surface area contributed by atoms with Crippen molar-refractivity contribution in [1.29, 1.82) is 0 Å². The second-order valence-corrected chi connectivity index (χ2v) is 10.3. The van der Waals surface area contributed by atoms with Gasteiger partial charge in [0.1, 0.15) is 0 Å². The molecule has 3 aromatic carbocycles. The molecule has 34 heavy (non-hydrogen) atoms. The maximum absolute atomic E-state index is 12.8. The fourth-order valence-corrected chi connectivity index (χ4v) is 5.50. The topological polar surface area (TPSA) is 49.7 Å². The Hall–Kier alpha value is -2.55. The van der Waals surface area contributed by atoms with Gasteiger partial charge in [-0.15, -0.1) is 4.40 Å². The van der Waals surface area contributed by atoms with Crippen LogP contribution in [0.4, 0.5) is 13.2 Å². The van der Waals surface area contributed by atoms with Gasteiger partial charge in [0.25, 0.3) is 10.0 Å². The number of benzene rings is 3. The molecular weight excluding hydrogens is 508 g/mol. The largest absolute Gasteiger partial charge is 0.416 e. The molecule has 2 atom stereocenters. The Labute approximate surface area is 205 Å². The highest BCUT2D eigenvalue weighted by molar-refractivity contribution is 7.90. The van der Waals surface area contributed by atoms with Crippen molar-refractivity contribution in [2.75, 3.05) is 13.1 Å². The van der Waals surface area contributed by atoms with Crippen molar-refractivity contribution in [2.45, 2.75) is 22.9 Å². The molecule has 0 amide bonds. The summed E-state index contributed by atoms with van der Waals surface area (Å²) in [5.41, 5.74) is 1.15. The summed E-state index contributed by atoms with van der Waals surface area (Å²) < 4.78 is 67.5. The third kappa shape index (κ3) is 5.40. The highest BCUT2D eigenvalue weighted by Gasteiger charge is 2.37. The molecule has 1 fully saturated rings. The molecule has 4 rings (SSSR count). The van der Waals surface area contributed by atoms with Crippen LogP contribution in [0.25, 0.3) is 0 Å². The van der Waals surface area contributed by atoms with Crippen LogP contribution in [0.1, 0.15) is 28.5 Å². The van der Waals surface area contributed by atoms with Crippen molar-refractivity contribution in [3.63, 3.8) is 0 Å². The third-order valence-electron chi connectivity index (χ3n) is 5.78. The molecule has 1 heterocycles. The van der Waals surface area contributed by atoms with Crippen LogP contribution in [0.5, 0.6) is 0 Å². The van der Waals surface area contributed by atoms with Gasteiger partial charge in [-0.3, -0.25) is 0 Å². The summed E-state index contributed by atoms with van der Waals surface area (Å²) in [6.45, 7) is 0.828. The molecule has 0 bridgehead atoms. The van der Waals surface area contributed by atoms with Crippen molar-refractivity contribution in [2.24, 2.45) is 4.40 Å². The van der Waals surface area contributed by atoms with Gasteiger partial charge in [-0.2, -0.15) is 21.6 Å². The summed E-state index contributed by atoms with van der Waals surface area (Å²) in [7, 11) is -4.30. The summed E-state index contributed by atoms with van der Waals surface area (Å²) in [4.78, 5) is 1.30. The molecule has 10 heteroatoms. The Balaban J connectivity index is 1.62. The minimum Gasteiger partial charge on any atom is -0.345 e. The number of rotatable bonds is 4. The van der Waals surface area contributed by atoms with E-state index in [2.05, 4.69) is 4.40 Å². The van der Waals surface area contributed by atoms with E-state index in [9.17, 15) is 21.6 Å². The minimum absolute atomic E-state index is 0.00242. The molecule has 0 radical (unpaired) electrons. The first-order valence-corrected chi connectivity index (χ1v) is 12.5. The number of sulfonamides is 1. The van der Waals surface area contributed by atoms with Crippen LogP contribution in [0.3, 0.4) is 0 Å². The molecule has 4 nitrogen and oxygen atoms in total. The van der Waals surface area contributed by atoms with Crippen LogP contribution < -0.4 is 0 Å². The fraction of sp³-hybridized carbons (Fsp3) is 0.208. The molecule has 0 saturated carbocycles. The van der Waals surface area contributed by atoms with Crippen LogP contribution >= 0.6 is 23.2 Å². The van der Waals surface area contributed by atoms with Crippen molar-refractivity contribution >= 4 is 38.5 Å². The average Bonchev–Trinajstić information content (AvgIpc) is 3.25. The first-order valence-electron chi connectivity index (χ1n) is 10.3. The molecule has 0 spiro atoms. The normalized spacial score (nSPS) is 19.4. The number of alkyl halides is 3. The fourth-order valence-electron chi connectivity index (χ4n) is 4.07.